The Hall–Kier alpha value is -2.63. The van der Waals surface area contributed by atoms with Crippen LogP contribution in [0.5, 0.6) is 5.75 Å². The van der Waals surface area contributed by atoms with E-state index in [-0.39, 0.29) is 6.09 Å². The number of amides is 1. The largest absolute Gasteiger partial charge is 0.490 e. The molecule has 0 saturated carbocycles. The quantitative estimate of drug-likeness (QED) is 0.669. The Morgan fingerprint density at radius 1 is 1.17 bits per heavy atom. The molecule has 6 heteroatoms. The van der Waals surface area contributed by atoms with Gasteiger partial charge in [-0.25, -0.2) is 14.8 Å². The summed E-state index contributed by atoms with van der Waals surface area (Å²) in [5, 5.41) is 0. The lowest BCUT2D eigenvalue weighted by molar-refractivity contribution is 0.0165. The van der Waals surface area contributed by atoms with Crippen molar-refractivity contribution in [3.63, 3.8) is 0 Å². The topological polar surface area (TPSA) is 64.5 Å². The monoisotopic (exact) mass is 411 g/mol. The van der Waals surface area contributed by atoms with Gasteiger partial charge in [0.15, 0.2) is 11.6 Å². The Morgan fingerprint density at radius 2 is 1.83 bits per heavy atom. The molecule has 1 aromatic carbocycles. The zero-order valence-corrected chi connectivity index (χ0v) is 18.7. The minimum absolute atomic E-state index is 0.229. The number of hydrogen-bond acceptors (Lipinski definition) is 5. The van der Waals surface area contributed by atoms with Gasteiger partial charge in [0, 0.05) is 18.7 Å². The molecule has 0 N–H and O–H groups in total. The fourth-order valence-corrected chi connectivity index (χ4v) is 3.40. The van der Waals surface area contributed by atoms with Gasteiger partial charge in [-0.1, -0.05) is 32.0 Å². The van der Waals surface area contributed by atoms with E-state index >= 15 is 0 Å². The van der Waals surface area contributed by atoms with Crippen molar-refractivity contribution < 1.29 is 14.3 Å². The maximum absolute atomic E-state index is 12.2. The number of hydrogen-bond donors (Lipinski definition) is 0. The Morgan fingerprint density at radius 3 is 2.43 bits per heavy atom. The number of likely N-dealkylation sites (tertiary alicyclic amines) is 1. The van der Waals surface area contributed by atoms with Crippen LogP contribution in [0.3, 0.4) is 0 Å². The van der Waals surface area contributed by atoms with Gasteiger partial charge in [-0.15, -0.1) is 0 Å². The second-order valence-electron chi connectivity index (χ2n) is 9.24. The van der Waals surface area contributed by atoms with Gasteiger partial charge in [0.2, 0.25) is 0 Å². The third kappa shape index (κ3) is 6.18. The normalized spacial score (nSPS) is 15.3. The number of nitrogens with zero attached hydrogens (tertiary/aromatic N) is 3. The Bertz CT molecular complexity index is 836. The smallest absolute Gasteiger partial charge is 0.410 e. The summed E-state index contributed by atoms with van der Waals surface area (Å²) in [5.41, 5.74) is 1.83. The van der Waals surface area contributed by atoms with Gasteiger partial charge in [0.1, 0.15) is 5.60 Å². The van der Waals surface area contributed by atoms with Crippen molar-refractivity contribution in [3.05, 3.63) is 42.2 Å². The first-order valence-corrected chi connectivity index (χ1v) is 10.7. The first kappa shape index (κ1) is 22.1. The summed E-state index contributed by atoms with van der Waals surface area (Å²) < 4.78 is 11.4. The molecule has 0 radical (unpaired) electrons. The molecule has 0 spiro atoms. The average Bonchev–Trinajstić information content (AvgIpc) is 2.72. The van der Waals surface area contributed by atoms with Crippen molar-refractivity contribution in [2.75, 3.05) is 19.7 Å². The maximum Gasteiger partial charge on any atom is 0.410 e. The van der Waals surface area contributed by atoms with Gasteiger partial charge in [0.25, 0.3) is 0 Å². The summed E-state index contributed by atoms with van der Waals surface area (Å²) in [7, 11) is 0. The number of rotatable bonds is 5. The van der Waals surface area contributed by atoms with Crippen LogP contribution < -0.4 is 4.74 Å². The molecule has 1 fully saturated rings. The molecule has 0 aliphatic carbocycles. The van der Waals surface area contributed by atoms with Gasteiger partial charge in [-0.05, 0) is 57.1 Å². The first-order chi connectivity index (χ1) is 14.2. The van der Waals surface area contributed by atoms with Crippen LogP contribution in [0.2, 0.25) is 0 Å². The van der Waals surface area contributed by atoms with Crippen LogP contribution in [0.4, 0.5) is 4.79 Å². The van der Waals surface area contributed by atoms with E-state index in [0.29, 0.717) is 43.1 Å². The van der Waals surface area contributed by atoms with E-state index in [4.69, 9.17) is 9.47 Å². The molecule has 6 nitrogen and oxygen atoms in total. The molecular weight excluding hydrogens is 378 g/mol. The molecule has 0 unspecified atom stereocenters. The van der Waals surface area contributed by atoms with Crippen molar-refractivity contribution in [2.45, 2.75) is 59.0 Å². The van der Waals surface area contributed by atoms with Gasteiger partial charge < -0.3 is 14.4 Å². The zero-order valence-electron chi connectivity index (χ0n) is 18.7. The molecule has 1 aliphatic rings. The Labute approximate surface area is 179 Å². The summed E-state index contributed by atoms with van der Waals surface area (Å²) in [4.78, 5) is 22.9. The highest BCUT2D eigenvalue weighted by molar-refractivity contribution is 5.68. The fraction of sp³-hybridized carbons (Fsp3) is 0.542. The predicted molar refractivity (Wildman–Crippen MR) is 118 cm³/mol. The number of carbonyl (C=O) groups excluding carboxylic acids is 1. The van der Waals surface area contributed by atoms with Crippen LogP contribution in [-0.4, -0.2) is 46.3 Å². The van der Waals surface area contributed by atoms with Crippen molar-refractivity contribution in [1.82, 2.24) is 14.9 Å². The summed E-state index contributed by atoms with van der Waals surface area (Å²) >= 11 is 0. The molecule has 2 heterocycles. The van der Waals surface area contributed by atoms with Crippen molar-refractivity contribution in [1.29, 1.82) is 0 Å². The maximum atomic E-state index is 12.2. The highest BCUT2D eigenvalue weighted by Crippen LogP contribution is 2.23. The second-order valence-corrected chi connectivity index (χ2v) is 9.24. The number of aromatic nitrogens is 2. The molecule has 162 valence electrons. The summed E-state index contributed by atoms with van der Waals surface area (Å²) in [5.74, 6) is 2.25. The molecule has 0 atom stereocenters. The van der Waals surface area contributed by atoms with Crippen molar-refractivity contribution in [3.8, 4) is 17.1 Å². The van der Waals surface area contributed by atoms with E-state index in [1.54, 1.807) is 17.3 Å². The summed E-state index contributed by atoms with van der Waals surface area (Å²) in [6, 6.07) is 8.33. The highest BCUT2D eigenvalue weighted by atomic mass is 16.6. The third-order valence-corrected chi connectivity index (χ3v) is 5.19. The molecule has 0 bridgehead atoms. The van der Waals surface area contributed by atoms with Crippen LogP contribution in [0, 0.1) is 5.92 Å². The predicted octanol–water partition coefficient (Wildman–Crippen LogP) is 5.29. The first-order valence-electron chi connectivity index (χ1n) is 10.7. The number of piperidine rings is 1. The molecule has 1 saturated heterocycles. The number of ether oxygens (including phenoxy) is 2. The minimum atomic E-state index is -0.459. The molecule has 1 aromatic heterocycles. The van der Waals surface area contributed by atoms with E-state index < -0.39 is 5.60 Å². The Balaban J connectivity index is 1.48. The molecule has 1 aliphatic heterocycles. The zero-order chi connectivity index (χ0) is 21.7. The van der Waals surface area contributed by atoms with E-state index in [1.807, 2.05) is 32.9 Å². The lowest BCUT2D eigenvalue weighted by atomic mass is 9.98. The lowest BCUT2D eigenvalue weighted by Gasteiger charge is -2.33. The van der Waals surface area contributed by atoms with Crippen LogP contribution in [0.25, 0.3) is 11.4 Å². The lowest BCUT2D eigenvalue weighted by Crippen LogP contribution is -2.42. The minimum Gasteiger partial charge on any atom is -0.490 e. The molecule has 1 amide bonds. The van der Waals surface area contributed by atoms with E-state index in [2.05, 4.69) is 35.9 Å². The average molecular weight is 412 g/mol. The fourth-order valence-electron chi connectivity index (χ4n) is 3.40. The molecule has 2 aromatic rings. The van der Waals surface area contributed by atoms with Crippen LogP contribution in [0.1, 0.15) is 58.9 Å². The van der Waals surface area contributed by atoms with Gasteiger partial charge in [-0.3, -0.25) is 0 Å². The van der Waals surface area contributed by atoms with Crippen molar-refractivity contribution >= 4 is 6.09 Å². The number of benzene rings is 1. The van der Waals surface area contributed by atoms with Crippen LogP contribution in [0.15, 0.2) is 36.7 Å². The highest BCUT2D eigenvalue weighted by Gasteiger charge is 2.27. The molecular formula is C24H33N3O3. The third-order valence-electron chi connectivity index (χ3n) is 5.19. The van der Waals surface area contributed by atoms with Crippen molar-refractivity contribution in [2.24, 2.45) is 5.92 Å². The molecule has 30 heavy (non-hydrogen) atoms. The van der Waals surface area contributed by atoms with Gasteiger partial charge in [0.05, 0.1) is 19.0 Å². The Kier molecular flexibility index (Phi) is 6.95. The summed E-state index contributed by atoms with van der Waals surface area (Å²) in [6.07, 6.45) is 5.05. The molecule has 3 rings (SSSR count). The van der Waals surface area contributed by atoms with Gasteiger partial charge >= 0.3 is 6.09 Å². The number of carbonyl (C=O) groups is 1. The SMILES string of the molecule is CC(C)c1cccc(-c2ncc(OCC3CCN(C(=O)OC(C)(C)C)CC3)cn2)c1. The van der Waals surface area contributed by atoms with E-state index in [1.165, 1.54) is 5.56 Å². The van der Waals surface area contributed by atoms with Crippen LogP contribution >= 0.6 is 0 Å². The van der Waals surface area contributed by atoms with Crippen LogP contribution in [-0.2, 0) is 4.74 Å². The van der Waals surface area contributed by atoms with Gasteiger partial charge in [-0.2, -0.15) is 0 Å². The second kappa shape index (κ2) is 9.45. The standard InChI is InChI=1S/C24H33N3O3/c1-17(2)19-7-6-8-20(13-19)22-25-14-21(15-26-22)29-16-18-9-11-27(12-10-18)23(28)30-24(3,4)5/h6-8,13-15,17-18H,9-12,16H2,1-5H3. The summed E-state index contributed by atoms with van der Waals surface area (Å²) in [6.45, 7) is 12.0. The van der Waals surface area contributed by atoms with E-state index in [9.17, 15) is 4.79 Å². The van der Waals surface area contributed by atoms with E-state index in [0.717, 1.165) is 18.4 Å².